The minimum atomic E-state index is 0.660. The van der Waals surface area contributed by atoms with Gasteiger partial charge in [0, 0.05) is 10.9 Å². The Labute approximate surface area is 119 Å². The second kappa shape index (κ2) is 5.89. The number of thiophene rings is 1. The normalized spacial score (nSPS) is 23.2. The predicted molar refractivity (Wildman–Crippen MR) is 82.8 cm³/mol. The van der Waals surface area contributed by atoms with Crippen molar-refractivity contribution in [2.24, 2.45) is 5.92 Å². The molecule has 0 saturated heterocycles. The van der Waals surface area contributed by atoms with Gasteiger partial charge in [-0.25, -0.2) is 0 Å². The third-order valence-electron chi connectivity index (χ3n) is 4.24. The molecule has 0 bridgehead atoms. The van der Waals surface area contributed by atoms with E-state index in [0.29, 0.717) is 6.04 Å². The van der Waals surface area contributed by atoms with E-state index in [1.54, 1.807) is 0 Å². The van der Waals surface area contributed by atoms with Crippen LogP contribution in [0.4, 0.5) is 0 Å². The maximum atomic E-state index is 3.53. The molecule has 19 heavy (non-hydrogen) atoms. The van der Waals surface area contributed by atoms with Gasteiger partial charge in [-0.15, -0.1) is 11.3 Å². The van der Waals surface area contributed by atoms with Gasteiger partial charge in [-0.05, 0) is 55.2 Å². The Bertz CT molecular complexity index is 491. The van der Waals surface area contributed by atoms with Gasteiger partial charge in [0.25, 0.3) is 0 Å². The third kappa shape index (κ3) is 3.07. The lowest BCUT2D eigenvalue weighted by Gasteiger charge is -2.15. The molecule has 1 fully saturated rings. The van der Waals surface area contributed by atoms with Crippen LogP contribution in [-0.2, 0) is 6.42 Å². The molecule has 1 aliphatic rings. The van der Waals surface area contributed by atoms with Crippen LogP contribution in [0.2, 0.25) is 0 Å². The molecule has 3 atom stereocenters. The fourth-order valence-electron chi connectivity index (χ4n) is 3.07. The summed E-state index contributed by atoms with van der Waals surface area (Å²) >= 11 is 1.88. The molecule has 0 amide bonds. The summed E-state index contributed by atoms with van der Waals surface area (Å²) in [6, 6.07) is 16.0. The van der Waals surface area contributed by atoms with E-state index in [-0.39, 0.29) is 0 Å². The fourth-order valence-corrected chi connectivity index (χ4v) is 3.79. The van der Waals surface area contributed by atoms with Crippen LogP contribution in [0.3, 0.4) is 0 Å². The van der Waals surface area contributed by atoms with E-state index in [4.69, 9.17) is 0 Å². The highest BCUT2D eigenvalue weighted by molar-refractivity contribution is 7.09. The smallest absolute Gasteiger partial charge is 0.0102 e. The molecule has 1 saturated carbocycles. The first kappa shape index (κ1) is 12.9. The summed E-state index contributed by atoms with van der Waals surface area (Å²) in [7, 11) is 2.11. The standard InChI is InChI=1S/C17H21NS/c1-18-17(10-9-14-8-5-11-19-14)16-12-15(16)13-6-3-2-4-7-13/h2-8,11,15-18H,9-10,12H2,1H3. The van der Waals surface area contributed by atoms with Crippen molar-refractivity contribution in [2.75, 3.05) is 7.05 Å². The highest BCUT2D eigenvalue weighted by Crippen LogP contribution is 2.50. The zero-order valence-corrected chi connectivity index (χ0v) is 12.2. The number of nitrogens with one attached hydrogen (secondary N) is 1. The zero-order chi connectivity index (χ0) is 13.1. The van der Waals surface area contributed by atoms with Crippen molar-refractivity contribution < 1.29 is 0 Å². The first-order valence-corrected chi connectivity index (χ1v) is 8.01. The lowest BCUT2D eigenvalue weighted by molar-refractivity contribution is 0.463. The van der Waals surface area contributed by atoms with E-state index in [0.717, 1.165) is 11.8 Å². The van der Waals surface area contributed by atoms with E-state index >= 15 is 0 Å². The van der Waals surface area contributed by atoms with Crippen molar-refractivity contribution >= 4 is 11.3 Å². The molecule has 0 aliphatic heterocycles. The molecule has 0 spiro atoms. The van der Waals surface area contributed by atoms with Crippen molar-refractivity contribution in [3.8, 4) is 0 Å². The molecule has 1 aliphatic carbocycles. The van der Waals surface area contributed by atoms with Gasteiger partial charge >= 0.3 is 0 Å². The summed E-state index contributed by atoms with van der Waals surface area (Å²) in [5, 5.41) is 5.71. The quantitative estimate of drug-likeness (QED) is 0.835. The SMILES string of the molecule is CNC(CCc1cccs1)C1CC1c1ccccc1. The van der Waals surface area contributed by atoms with Crippen molar-refractivity contribution in [2.45, 2.75) is 31.2 Å². The largest absolute Gasteiger partial charge is 0.317 e. The topological polar surface area (TPSA) is 12.0 Å². The second-order valence-electron chi connectivity index (χ2n) is 5.43. The van der Waals surface area contributed by atoms with Crippen LogP contribution in [0.1, 0.15) is 29.2 Å². The highest BCUT2D eigenvalue weighted by Gasteiger charge is 2.42. The van der Waals surface area contributed by atoms with E-state index in [9.17, 15) is 0 Å². The van der Waals surface area contributed by atoms with Gasteiger partial charge in [-0.3, -0.25) is 0 Å². The molecular formula is C17H21NS. The maximum Gasteiger partial charge on any atom is 0.0102 e. The van der Waals surface area contributed by atoms with Crippen LogP contribution in [0, 0.1) is 5.92 Å². The Hall–Kier alpha value is -1.12. The summed E-state index contributed by atoms with van der Waals surface area (Å²) in [5.74, 6) is 1.61. The Morgan fingerprint density at radius 3 is 2.74 bits per heavy atom. The lowest BCUT2D eigenvalue weighted by Crippen LogP contribution is -2.28. The van der Waals surface area contributed by atoms with Crippen molar-refractivity contribution in [3.05, 3.63) is 58.3 Å². The van der Waals surface area contributed by atoms with Crippen LogP contribution in [0.15, 0.2) is 47.8 Å². The van der Waals surface area contributed by atoms with Crippen molar-refractivity contribution in [1.29, 1.82) is 0 Å². The van der Waals surface area contributed by atoms with Gasteiger partial charge in [0.2, 0.25) is 0 Å². The second-order valence-corrected chi connectivity index (χ2v) is 6.46. The van der Waals surface area contributed by atoms with Gasteiger partial charge in [-0.2, -0.15) is 0 Å². The molecule has 1 N–H and O–H groups in total. The van der Waals surface area contributed by atoms with E-state index in [1.165, 1.54) is 29.7 Å². The Morgan fingerprint density at radius 2 is 2.05 bits per heavy atom. The van der Waals surface area contributed by atoms with Gasteiger partial charge in [0.15, 0.2) is 0 Å². The Morgan fingerprint density at radius 1 is 1.21 bits per heavy atom. The molecule has 1 nitrogen and oxygen atoms in total. The molecule has 1 aromatic heterocycles. The van der Waals surface area contributed by atoms with E-state index in [1.807, 2.05) is 11.3 Å². The Kier molecular flexibility index (Phi) is 4.00. The summed E-state index contributed by atoms with van der Waals surface area (Å²) in [6.45, 7) is 0. The monoisotopic (exact) mass is 271 g/mol. The van der Waals surface area contributed by atoms with E-state index in [2.05, 4.69) is 60.2 Å². The summed E-state index contributed by atoms with van der Waals surface area (Å²) in [6.07, 6.45) is 3.81. The molecule has 100 valence electrons. The molecular weight excluding hydrogens is 250 g/mol. The predicted octanol–water partition coefficient (Wildman–Crippen LogP) is 4.07. The van der Waals surface area contributed by atoms with E-state index < -0.39 is 0 Å². The summed E-state index contributed by atoms with van der Waals surface area (Å²) in [5.41, 5.74) is 1.52. The van der Waals surface area contributed by atoms with Crippen LogP contribution in [0.5, 0.6) is 0 Å². The van der Waals surface area contributed by atoms with Crippen LogP contribution >= 0.6 is 11.3 Å². The minimum absolute atomic E-state index is 0.660. The number of hydrogen-bond acceptors (Lipinski definition) is 2. The first-order chi connectivity index (χ1) is 9.38. The van der Waals surface area contributed by atoms with Crippen LogP contribution in [-0.4, -0.2) is 13.1 Å². The number of benzene rings is 1. The van der Waals surface area contributed by atoms with Gasteiger partial charge in [-0.1, -0.05) is 36.4 Å². The molecule has 3 rings (SSSR count). The molecule has 0 radical (unpaired) electrons. The summed E-state index contributed by atoms with van der Waals surface area (Å²) < 4.78 is 0. The van der Waals surface area contributed by atoms with Gasteiger partial charge < -0.3 is 5.32 Å². The molecule has 1 heterocycles. The first-order valence-electron chi connectivity index (χ1n) is 7.13. The van der Waals surface area contributed by atoms with Gasteiger partial charge in [0.05, 0.1) is 0 Å². The molecule has 2 aromatic rings. The lowest BCUT2D eigenvalue weighted by atomic mass is 10.0. The molecule has 3 unspecified atom stereocenters. The minimum Gasteiger partial charge on any atom is -0.317 e. The average molecular weight is 271 g/mol. The number of hydrogen-bond donors (Lipinski definition) is 1. The maximum absolute atomic E-state index is 3.53. The molecule has 1 aromatic carbocycles. The zero-order valence-electron chi connectivity index (χ0n) is 11.4. The van der Waals surface area contributed by atoms with Crippen LogP contribution in [0.25, 0.3) is 0 Å². The van der Waals surface area contributed by atoms with Crippen molar-refractivity contribution in [1.82, 2.24) is 5.32 Å². The average Bonchev–Trinajstić information content (AvgIpc) is 3.07. The number of aryl methyl sites for hydroxylation is 1. The number of rotatable bonds is 6. The van der Waals surface area contributed by atoms with Gasteiger partial charge in [0.1, 0.15) is 0 Å². The third-order valence-corrected chi connectivity index (χ3v) is 5.17. The summed E-state index contributed by atoms with van der Waals surface area (Å²) in [4.78, 5) is 1.51. The van der Waals surface area contributed by atoms with Crippen molar-refractivity contribution in [3.63, 3.8) is 0 Å². The highest BCUT2D eigenvalue weighted by atomic mass is 32.1. The van der Waals surface area contributed by atoms with Crippen LogP contribution < -0.4 is 5.32 Å². The molecule has 2 heteroatoms. The fraction of sp³-hybridized carbons (Fsp3) is 0.412. The Balaban J connectivity index is 1.56.